The minimum absolute atomic E-state index is 0.210. The molecule has 2 aliphatic rings. The van der Waals surface area contributed by atoms with E-state index >= 15 is 0 Å². The number of hydrogen-bond acceptors (Lipinski definition) is 5. The molecule has 162 valence electrons. The third-order valence-corrected chi connectivity index (χ3v) is 5.75. The van der Waals surface area contributed by atoms with Gasteiger partial charge in [-0.15, -0.1) is 0 Å². The smallest absolute Gasteiger partial charge is 0.325 e. The Morgan fingerprint density at radius 1 is 1.00 bits per heavy atom. The van der Waals surface area contributed by atoms with Crippen molar-refractivity contribution in [2.75, 3.05) is 44.7 Å². The van der Waals surface area contributed by atoms with E-state index in [2.05, 4.69) is 10.2 Å². The van der Waals surface area contributed by atoms with E-state index in [1.54, 1.807) is 12.0 Å². The summed E-state index contributed by atoms with van der Waals surface area (Å²) >= 11 is 0. The van der Waals surface area contributed by atoms with Gasteiger partial charge >= 0.3 is 6.03 Å². The summed E-state index contributed by atoms with van der Waals surface area (Å²) in [6.45, 7) is 2.24. The van der Waals surface area contributed by atoms with Crippen molar-refractivity contribution in [1.82, 2.24) is 15.1 Å². The minimum Gasteiger partial charge on any atom is -0.497 e. The van der Waals surface area contributed by atoms with Crippen molar-refractivity contribution in [2.24, 2.45) is 0 Å². The summed E-state index contributed by atoms with van der Waals surface area (Å²) in [5.74, 6) is 0.244. The van der Waals surface area contributed by atoms with Gasteiger partial charge in [0.2, 0.25) is 5.91 Å². The number of urea groups is 1. The Labute approximate surface area is 181 Å². The standard InChI is InChI=1S/C23H26N4O4/c1-31-19-9-7-18(8-10-19)25-11-13-26(14-12-25)21(28)16-27-22(29)20(24-23(27)30)15-17-5-3-2-4-6-17/h2-10,20H,11-16H2,1H3,(H,24,30). The molecule has 0 aliphatic carbocycles. The highest BCUT2D eigenvalue weighted by Crippen LogP contribution is 2.21. The first kappa shape index (κ1) is 20.7. The molecular formula is C23H26N4O4. The van der Waals surface area contributed by atoms with Crippen LogP contribution in [0.15, 0.2) is 54.6 Å². The van der Waals surface area contributed by atoms with Crippen molar-refractivity contribution in [3.63, 3.8) is 0 Å². The van der Waals surface area contributed by atoms with Gasteiger partial charge < -0.3 is 19.9 Å². The number of piperazine rings is 1. The molecule has 2 saturated heterocycles. The van der Waals surface area contributed by atoms with Crippen LogP contribution in [0.1, 0.15) is 5.56 Å². The summed E-state index contributed by atoms with van der Waals surface area (Å²) < 4.78 is 5.19. The molecule has 8 heteroatoms. The number of imide groups is 1. The Morgan fingerprint density at radius 2 is 1.68 bits per heavy atom. The molecule has 4 amide bonds. The first-order chi connectivity index (χ1) is 15.0. The lowest BCUT2D eigenvalue weighted by atomic mass is 10.1. The van der Waals surface area contributed by atoms with Crippen LogP contribution in [-0.4, -0.2) is 73.5 Å². The fraction of sp³-hybridized carbons (Fsp3) is 0.348. The van der Waals surface area contributed by atoms with Crippen molar-refractivity contribution < 1.29 is 19.1 Å². The lowest BCUT2D eigenvalue weighted by Crippen LogP contribution is -2.52. The fourth-order valence-electron chi connectivity index (χ4n) is 3.96. The molecule has 0 bridgehead atoms. The van der Waals surface area contributed by atoms with Crippen LogP contribution in [0, 0.1) is 0 Å². The molecule has 2 aromatic carbocycles. The highest BCUT2D eigenvalue weighted by molar-refractivity contribution is 6.06. The van der Waals surface area contributed by atoms with Crippen LogP contribution in [0.5, 0.6) is 5.75 Å². The second-order valence-electron chi connectivity index (χ2n) is 7.68. The van der Waals surface area contributed by atoms with Gasteiger partial charge in [0.1, 0.15) is 18.3 Å². The molecule has 4 rings (SSSR count). The Bertz CT molecular complexity index is 940. The van der Waals surface area contributed by atoms with E-state index in [1.165, 1.54) is 0 Å². The number of nitrogens with zero attached hydrogens (tertiary/aromatic N) is 3. The van der Waals surface area contributed by atoms with Gasteiger partial charge in [-0.05, 0) is 29.8 Å². The number of nitrogens with one attached hydrogen (secondary N) is 1. The maximum Gasteiger partial charge on any atom is 0.325 e. The number of carbonyl (C=O) groups is 3. The van der Waals surface area contributed by atoms with Gasteiger partial charge in [0.05, 0.1) is 7.11 Å². The lowest BCUT2D eigenvalue weighted by molar-refractivity contribution is -0.137. The third kappa shape index (κ3) is 4.63. The van der Waals surface area contributed by atoms with Gasteiger partial charge in [-0.2, -0.15) is 0 Å². The number of amides is 4. The number of methoxy groups -OCH3 is 1. The largest absolute Gasteiger partial charge is 0.497 e. The first-order valence-electron chi connectivity index (χ1n) is 10.4. The van der Waals surface area contributed by atoms with E-state index in [0.717, 1.165) is 21.9 Å². The van der Waals surface area contributed by atoms with Crippen molar-refractivity contribution in [3.05, 3.63) is 60.2 Å². The van der Waals surface area contributed by atoms with E-state index < -0.39 is 12.1 Å². The summed E-state index contributed by atoms with van der Waals surface area (Å²) in [5.41, 5.74) is 2.04. The van der Waals surface area contributed by atoms with Gasteiger partial charge in [0.25, 0.3) is 5.91 Å². The van der Waals surface area contributed by atoms with Gasteiger partial charge in [-0.3, -0.25) is 14.5 Å². The molecular weight excluding hydrogens is 396 g/mol. The Morgan fingerprint density at radius 3 is 2.32 bits per heavy atom. The molecule has 1 atom stereocenters. The van der Waals surface area contributed by atoms with Gasteiger partial charge in [-0.1, -0.05) is 30.3 Å². The van der Waals surface area contributed by atoms with E-state index in [-0.39, 0.29) is 18.4 Å². The maximum absolute atomic E-state index is 12.8. The zero-order valence-corrected chi connectivity index (χ0v) is 17.5. The number of ether oxygens (including phenoxy) is 1. The Hall–Kier alpha value is -3.55. The SMILES string of the molecule is COc1ccc(N2CCN(C(=O)CN3C(=O)NC(Cc4ccccc4)C3=O)CC2)cc1. The van der Waals surface area contributed by atoms with Crippen LogP contribution in [0.2, 0.25) is 0 Å². The lowest BCUT2D eigenvalue weighted by Gasteiger charge is -2.36. The maximum atomic E-state index is 12.8. The molecule has 2 aromatic rings. The van der Waals surface area contributed by atoms with E-state index in [0.29, 0.717) is 32.6 Å². The van der Waals surface area contributed by atoms with Crippen LogP contribution in [-0.2, 0) is 16.0 Å². The molecule has 0 spiro atoms. The second-order valence-corrected chi connectivity index (χ2v) is 7.68. The summed E-state index contributed by atoms with van der Waals surface area (Å²) in [4.78, 5) is 42.7. The van der Waals surface area contributed by atoms with Crippen molar-refractivity contribution in [1.29, 1.82) is 0 Å². The molecule has 2 fully saturated rings. The van der Waals surface area contributed by atoms with Crippen LogP contribution in [0.25, 0.3) is 0 Å². The number of hydrogen-bond donors (Lipinski definition) is 1. The summed E-state index contributed by atoms with van der Waals surface area (Å²) in [7, 11) is 1.63. The second kappa shape index (κ2) is 9.07. The molecule has 31 heavy (non-hydrogen) atoms. The average Bonchev–Trinajstić information content (AvgIpc) is 3.07. The zero-order chi connectivity index (χ0) is 21.8. The number of anilines is 1. The van der Waals surface area contributed by atoms with E-state index in [1.807, 2.05) is 54.6 Å². The van der Waals surface area contributed by atoms with Crippen LogP contribution in [0.3, 0.4) is 0 Å². The van der Waals surface area contributed by atoms with Crippen LogP contribution < -0.4 is 15.0 Å². The molecule has 0 radical (unpaired) electrons. The van der Waals surface area contributed by atoms with Crippen molar-refractivity contribution in [2.45, 2.75) is 12.5 Å². The third-order valence-electron chi connectivity index (χ3n) is 5.75. The Kier molecular flexibility index (Phi) is 6.06. The molecule has 2 aliphatic heterocycles. The van der Waals surface area contributed by atoms with Crippen molar-refractivity contribution in [3.8, 4) is 5.75 Å². The van der Waals surface area contributed by atoms with Gasteiger partial charge in [0.15, 0.2) is 0 Å². The summed E-state index contributed by atoms with van der Waals surface area (Å²) in [5, 5.41) is 2.70. The fourth-order valence-corrected chi connectivity index (χ4v) is 3.96. The van der Waals surface area contributed by atoms with Gasteiger partial charge in [-0.25, -0.2) is 4.79 Å². The predicted molar refractivity (Wildman–Crippen MR) is 116 cm³/mol. The topological polar surface area (TPSA) is 82.2 Å². The minimum atomic E-state index is -0.630. The monoisotopic (exact) mass is 422 g/mol. The molecule has 1 N–H and O–H groups in total. The van der Waals surface area contributed by atoms with Crippen LogP contribution >= 0.6 is 0 Å². The predicted octanol–water partition coefficient (Wildman–Crippen LogP) is 1.51. The van der Waals surface area contributed by atoms with Gasteiger partial charge in [0, 0.05) is 38.3 Å². The van der Waals surface area contributed by atoms with Crippen LogP contribution in [0.4, 0.5) is 10.5 Å². The normalized spacial score (nSPS) is 18.9. The highest BCUT2D eigenvalue weighted by atomic mass is 16.5. The molecule has 2 heterocycles. The number of benzene rings is 2. The van der Waals surface area contributed by atoms with Crippen molar-refractivity contribution >= 4 is 23.5 Å². The summed E-state index contributed by atoms with van der Waals surface area (Å²) in [6, 6.07) is 16.2. The zero-order valence-electron chi connectivity index (χ0n) is 17.5. The molecule has 0 saturated carbocycles. The molecule has 0 aromatic heterocycles. The quantitative estimate of drug-likeness (QED) is 0.714. The summed E-state index contributed by atoms with van der Waals surface area (Å²) in [6.07, 6.45) is 0.413. The molecule has 8 nitrogen and oxygen atoms in total. The van der Waals surface area contributed by atoms with E-state index in [9.17, 15) is 14.4 Å². The Balaban J connectivity index is 1.30. The highest BCUT2D eigenvalue weighted by Gasteiger charge is 2.39. The number of carbonyl (C=O) groups excluding carboxylic acids is 3. The molecule has 1 unspecified atom stereocenters. The first-order valence-corrected chi connectivity index (χ1v) is 10.4. The number of rotatable bonds is 6. The average molecular weight is 422 g/mol. The van der Waals surface area contributed by atoms with E-state index in [4.69, 9.17) is 4.74 Å².